The van der Waals surface area contributed by atoms with Gasteiger partial charge in [0.05, 0.1) is 16.5 Å². The molecule has 0 unspecified atom stereocenters. The average Bonchev–Trinajstić information content (AvgIpc) is 2.41. The van der Waals surface area contributed by atoms with Gasteiger partial charge in [0.25, 0.3) is 10.1 Å². The molecule has 2 rings (SSSR count). The minimum absolute atomic E-state index is 0.0705. The van der Waals surface area contributed by atoms with Gasteiger partial charge in [-0.3, -0.25) is 4.18 Å². The Morgan fingerprint density at radius 2 is 1.80 bits per heavy atom. The molecule has 2 aromatic rings. The van der Waals surface area contributed by atoms with Crippen LogP contribution < -0.4 is 0 Å². The molecule has 0 heterocycles. The summed E-state index contributed by atoms with van der Waals surface area (Å²) in [4.78, 5) is 0.0799. The van der Waals surface area contributed by atoms with Crippen LogP contribution in [0.15, 0.2) is 47.4 Å². The summed E-state index contributed by atoms with van der Waals surface area (Å²) < 4.78 is 41.8. The van der Waals surface area contributed by atoms with Crippen molar-refractivity contribution in [2.75, 3.05) is 0 Å². The van der Waals surface area contributed by atoms with Crippen molar-refractivity contribution < 1.29 is 17.0 Å². The Labute approximate surface area is 122 Å². The summed E-state index contributed by atoms with van der Waals surface area (Å²) in [5.41, 5.74) is 1.43. The van der Waals surface area contributed by atoms with E-state index in [4.69, 9.17) is 15.8 Å². The Bertz CT molecular complexity index is 712. The number of aryl methyl sites for hydroxylation is 1. The molecule has 0 aliphatic rings. The normalized spacial score (nSPS) is 11.6. The second-order valence-corrected chi connectivity index (χ2v) is 6.30. The van der Waals surface area contributed by atoms with Crippen LogP contribution in [0.25, 0.3) is 0 Å². The van der Waals surface area contributed by atoms with Gasteiger partial charge in [0.1, 0.15) is 5.82 Å². The third-order valence-corrected chi connectivity index (χ3v) is 4.24. The van der Waals surface area contributed by atoms with Crippen molar-refractivity contribution >= 4 is 21.7 Å². The summed E-state index contributed by atoms with van der Waals surface area (Å²) in [5, 5.41) is -0.0705. The maximum Gasteiger partial charge on any atom is 0.297 e. The molecule has 20 heavy (non-hydrogen) atoms. The topological polar surface area (TPSA) is 43.4 Å². The van der Waals surface area contributed by atoms with E-state index in [1.165, 1.54) is 30.3 Å². The zero-order valence-corrected chi connectivity index (χ0v) is 12.2. The zero-order valence-electron chi connectivity index (χ0n) is 10.6. The summed E-state index contributed by atoms with van der Waals surface area (Å²) in [7, 11) is -3.84. The van der Waals surface area contributed by atoms with Crippen LogP contribution in [0.4, 0.5) is 4.39 Å². The van der Waals surface area contributed by atoms with E-state index in [1.807, 2.05) is 6.92 Å². The first-order valence-corrected chi connectivity index (χ1v) is 7.57. The van der Waals surface area contributed by atoms with Gasteiger partial charge in [-0.05, 0) is 36.8 Å². The van der Waals surface area contributed by atoms with E-state index >= 15 is 0 Å². The number of hydrogen-bond donors (Lipinski definition) is 0. The Morgan fingerprint density at radius 3 is 2.40 bits per heavy atom. The van der Waals surface area contributed by atoms with Gasteiger partial charge in [-0.1, -0.05) is 35.4 Å². The lowest BCUT2D eigenvalue weighted by Crippen LogP contribution is -2.06. The van der Waals surface area contributed by atoms with Crippen LogP contribution in [0.2, 0.25) is 5.02 Å². The van der Waals surface area contributed by atoms with E-state index in [0.29, 0.717) is 5.56 Å². The van der Waals surface area contributed by atoms with Crippen LogP contribution in [0.1, 0.15) is 11.1 Å². The molecule has 106 valence electrons. The van der Waals surface area contributed by atoms with Gasteiger partial charge in [-0.25, -0.2) is 4.39 Å². The molecule has 2 aromatic carbocycles. The highest BCUT2D eigenvalue weighted by Crippen LogP contribution is 2.19. The molecule has 3 nitrogen and oxygen atoms in total. The molecule has 0 spiro atoms. The third kappa shape index (κ3) is 3.56. The molecule has 0 atom stereocenters. The van der Waals surface area contributed by atoms with Crippen molar-refractivity contribution in [1.29, 1.82) is 0 Å². The predicted octanol–water partition coefficient (Wildman–Crippen LogP) is 3.69. The summed E-state index contributed by atoms with van der Waals surface area (Å²) >= 11 is 5.62. The van der Waals surface area contributed by atoms with Crippen LogP contribution in [0.5, 0.6) is 0 Å². The molecule has 0 saturated heterocycles. The Hall–Kier alpha value is -1.43. The quantitative estimate of drug-likeness (QED) is 0.808. The molecule has 0 radical (unpaired) electrons. The van der Waals surface area contributed by atoms with Crippen LogP contribution in [0.3, 0.4) is 0 Å². The monoisotopic (exact) mass is 314 g/mol. The minimum Gasteiger partial charge on any atom is -0.262 e. The van der Waals surface area contributed by atoms with Crippen molar-refractivity contribution in [3.8, 4) is 0 Å². The van der Waals surface area contributed by atoms with Gasteiger partial charge in [0.2, 0.25) is 0 Å². The van der Waals surface area contributed by atoms with Crippen LogP contribution >= 0.6 is 11.6 Å². The smallest absolute Gasteiger partial charge is 0.262 e. The van der Waals surface area contributed by atoms with Crippen molar-refractivity contribution in [2.45, 2.75) is 18.4 Å². The lowest BCUT2D eigenvalue weighted by molar-refractivity contribution is 0.308. The molecular formula is C14H12ClFO3S. The Kier molecular flexibility index (Phi) is 4.42. The lowest BCUT2D eigenvalue weighted by Gasteiger charge is -2.06. The van der Waals surface area contributed by atoms with Crippen molar-refractivity contribution in [2.24, 2.45) is 0 Å². The van der Waals surface area contributed by atoms with Gasteiger partial charge >= 0.3 is 0 Å². The van der Waals surface area contributed by atoms with E-state index < -0.39 is 15.9 Å². The molecule has 0 bridgehead atoms. The molecule has 0 N–H and O–H groups in total. The average molecular weight is 315 g/mol. The number of benzene rings is 2. The predicted molar refractivity (Wildman–Crippen MR) is 74.6 cm³/mol. The fourth-order valence-electron chi connectivity index (χ4n) is 1.55. The molecule has 0 aliphatic carbocycles. The van der Waals surface area contributed by atoms with Gasteiger partial charge in [0, 0.05) is 0 Å². The van der Waals surface area contributed by atoms with E-state index in [0.717, 1.165) is 5.56 Å². The van der Waals surface area contributed by atoms with E-state index in [1.54, 1.807) is 12.1 Å². The standard InChI is InChI=1S/C14H12ClFO3S/c1-10-2-5-12(6-3-10)20(17,18)19-9-11-4-7-14(16)13(15)8-11/h2-8H,9H2,1H3. The fraction of sp³-hybridized carbons (Fsp3) is 0.143. The molecule has 0 aromatic heterocycles. The highest BCUT2D eigenvalue weighted by Gasteiger charge is 2.15. The van der Waals surface area contributed by atoms with Crippen molar-refractivity contribution in [3.05, 3.63) is 64.4 Å². The second-order valence-electron chi connectivity index (χ2n) is 4.28. The number of hydrogen-bond acceptors (Lipinski definition) is 3. The highest BCUT2D eigenvalue weighted by atomic mass is 35.5. The van der Waals surface area contributed by atoms with Crippen LogP contribution in [0, 0.1) is 12.7 Å². The minimum atomic E-state index is -3.84. The molecule has 0 fully saturated rings. The molecule has 0 aliphatic heterocycles. The molecule has 0 amide bonds. The first-order chi connectivity index (χ1) is 9.38. The first kappa shape index (κ1) is 15.0. The van der Waals surface area contributed by atoms with Gasteiger partial charge in [0.15, 0.2) is 0 Å². The number of halogens is 2. The summed E-state index contributed by atoms with van der Waals surface area (Å²) in [6.45, 7) is 1.66. The lowest BCUT2D eigenvalue weighted by atomic mass is 10.2. The summed E-state index contributed by atoms with van der Waals surface area (Å²) in [6, 6.07) is 10.2. The Morgan fingerprint density at radius 1 is 1.15 bits per heavy atom. The first-order valence-electron chi connectivity index (χ1n) is 5.78. The SMILES string of the molecule is Cc1ccc(S(=O)(=O)OCc2ccc(F)c(Cl)c2)cc1. The van der Waals surface area contributed by atoms with E-state index in [-0.39, 0.29) is 16.5 Å². The van der Waals surface area contributed by atoms with Crippen LogP contribution in [-0.2, 0) is 20.9 Å². The van der Waals surface area contributed by atoms with Gasteiger partial charge < -0.3 is 0 Å². The molecule has 6 heteroatoms. The maximum atomic E-state index is 13.0. The second kappa shape index (κ2) is 5.91. The third-order valence-electron chi connectivity index (χ3n) is 2.67. The van der Waals surface area contributed by atoms with Crippen LogP contribution in [-0.4, -0.2) is 8.42 Å². The zero-order chi connectivity index (χ0) is 14.8. The molecular weight excluding hydrogens is 303 g/mol. The maximum absolute atomic E-state index is 13.0. The van der Waals surface area contributed by atoms with Gasteiger partial charge in [-0.15, -0.1) is 0 Å². The largest absolute Gasteiger partial charge is 0.297 e. The summed E-state index contributed by atoms with van der Waals surface area (Å²) in [5.74, 6) is -0.559. The van der Waals surface area contributed by atoms with Gasteiger partial charge in [-0.2, -0.15) is 8.42 Å². The van der Waals surface area contributed by atoms with E-state index in [2.05, 4.69) is 0 Å². The fourth-order valence-corrected chi connectivity index (χ4v) is 2.65. The number of rotatable bonds is 4. The Balaban J connectivity index is 2.13. The highest BCUT2D eigenvalue weighted by molar-refractivity contribution is 7.86. The summed E-state index contributed by atoms with van der Waals surface area (Å²) in [6.07, 6.45) is 0. The van der Waals surface area contributed by atoms with E-state index in [9.17, 15) is 12.8 Å². The molecule has 0 saturated carbocycles. The van der Waals surface area contributed by atoms with Crippen molar-refractivity contribution in [3.63, 3.8) is 0 Å². The van der Waals surface area contributed by atoms with Crippen molar-refractivity contribution in [1.82, 2.24) is 0 Å².